The number of H-pyrrole nitrogens is 1. The first-order valence-electron chi connectivity index (χ1n) is 30.5. The Morgan fingerprint density at radius 2 is 1.68 bits per heavy atom. The number of benzene rings is 4. The van der Waals surface area contributed by atoms with Gasteiger partial charge in [0.25, 0.3) is 11.4 Å². The zero-order valence-corrected chi connectivity index (χ0v) is 53.3. The molecule has 0 radical (unpaired) electrons. The number of thiazole rings is 1. The summed E-state index contributed by atoms with van der Waals surface area (Å²) in [4.78, 5) is 125. The standard InChI is InChI=1S/C65H79FN9O14PS/c1-35(38-18-20-41(21-19-38)57-36(2)68-34-91-57)69-60(80)50-31-46(89-37(3)76)32-74(50)63(83)58(65(4,5)6)73-54(78)17-9-7-8-12-39-13-11-16-52(55(39)66)88-33-45(24-27-53(67)77)70-61(81)51-30-42-15-10-14-40-22-26-48(62(82)75(51)56(40)42)72-59(79)49-29-44-28-43(23-25-47(44)71-49)64(84)90(85,86)87/h10-11,13-16,18-21,23,25,28-29,34-35,45-46,48,50-51,53,58,61,70-71,77,81H,7-9,12,17,22,24,26-27,30-33,67H2,1-6H3,(H,69,80)(H,72,79)(H,73,78)(H2,85,86,87)/t35-,45-,46+,48-,50-,51-,53?,58+,61?/m0/s1. The van der Waals surface area contributed by atoms with Crippen LogP contribution in [0.2, 0.25) is 0 Å². The SMILES string of the molecule is CC(=O)O[C@@H]1C[C@@H](C(=O)N[C@@H](C)c2ccc(-c3scnc3C)cc2)N(C(=O)[C@@H](NC(=O)CCCCCc2cccc(OC[C@H](CCC(N)O)NC(O)[C@@H]3Cc4cccc5c4N3C(=O)[C@@H](NC(=O)c3cc4cc(C(=O)P(=O)(O)O)ccc4[nH]3)CC5)c2F)C(C)(C)C)C1. The fourth-order valence-corrected chi connectivity index (χ4v) is 13.5. The van der Waals surface area contributed by atoms with Crippen molar-refractivity contribution >= 4 is 76.6 Å². The molecule has 1 saturated heterocycles. The highest BCUT2D eigenvalue weighted by atomic mass is 32.1. The zero-order chi connectivity index (χ0) is 65.6. The first-order valence-corrected chi connectivity index (χ1v) is 33.0. The number of aliphatic hydroxyl groups excluding tert-OH is 2. The number of aromatic amines is 1. The summed E-state index contributed by atoms with van der Waals surface area (Å²) in [5, 5.41) is 34.4. The van der Waals surface area contributed by atoms with Crippen LogP contribution in [0.5, 0.6) is 5.75 Å². The van der Waals surface area contributed by atoms with Crippen molar-refractivity contribution in [1.82, 2.24) is 36.1 Å². The lowest BCUT2D eigenvalue weighted by atomic mass is 9.85. The number of nitrogens with two attached hydrogens (primary N) is 1. The van der Waals surface area contributed by atoms with Crippen LogP contribution in [-0.2, 0) is 52.5 Å². The number of nitrogens with zero attached hydrogens (tertiary/aromatic N) is 3. The molecule has 11 N–H and O–H groups in total. The summed E-state index contributed by atoms with van der Waals surface area (Å²) in [5.74, 6) is -3.64. The lowest BCUT2D eigenvalue weighted by molar-refractivity contribution is -0.147. The minimum absolute atomic E-state index is 0.0292. The zero-order valence-electron chi connectivity index (χ0n) is 51.6. The van der Waals surface area contributed by atoms with E-state index in [9.17, 15) is 58.1 Å². The lowest BCUT2D eigenvalue weighted by Crippen LogP contribution is -2.58. The van der Waals surface area contributed by atoms with E-state index in [4.69, 9.17) is 15.2 Å². The maximum atomic E-state index is 16.2. The molecule has 486 valence electrons. The maximum absolute atomic E-state index is 16.2. The van der Waals surface area contributed by atoms with E-state index in [1.54, 1.807) is 29.0 Å². The number of likely N-dealkylation sites (tertiary alicyclic amines) is 1. The van der Waals surface area contributed by atoms with E-state index in [-0.39, 0.29) is 74.6 Å². The molecule has 1 fully saturated rings. The number of hydrogen-bond acceptors (Lipinski definition) is 16. The molecule has 0 aliphatic carbocycles. The van der Waals surface area contributed by atoms with Crippen LogP contribution in [0.15, 0.2) is 90.4 Å². The van der Waals surface area contributed by atoms with Gasteiger partial charge in [-0.05, 0) is 129 Å². The van der Waals surface area contributed by atoms with E-state index in [1.165, 1.54) is 47.1 Å². The lowest BCUT2D eigenvalue weighted by Gasteiger charge is -2.35. The number of fused-ring (bicyclic) bond motifs is 1. The molecule has 6 aromatic rings. The fraction of sp³-hybridized carbons (Fsp3) is 0.446. The normalized spacial score (nSPS) is 19.0. The molecule has 3 aliphatic heterocycles. The molecule has 23 nitrogen and oxygen atoms in total. The summed E-state index contributed by atoms with van der Waals surface area (Å²) < 4.78 is 39.5. The predicted octanol–water partition coefficient (Wildman–Crippen LogP) is 6.52. The van der Waals surface area contributed by atoms with Crippen molar-refractivity contribution < 1.29 is 72.0 Å². The number of aromatic nitrogens is 2. The van der Waals surface area contributed by atoms with E-state index >= 15 is 4.39 Å². The number of carbonyl (C=O) groups is 7. The highest BCUT2D eigenvalue weighted by Crippen LogP contribution is 2.42. The molecule has 0 saturated carbocycles. The van der Waals surface area contributed by atoms with Gasteiger partial charge < -0.3 is 65.9 Å². The van der Waals surface area contributed by atoms with Gasteiger partial charge in [0.15, 0.2) is 11.6 Å². The molecule has 9 rings (SSSR count). The molecule has 0 spiro atoms. The molecule has 5 amide bonds. The Labute approximate surface area is 530 Å². The Morgan fingerprint density at radius 3 is 2.37 bits per heavy atom. The van der Waals surface area contributed by atoms with Gasteiger partial charge in [-0.1, -0.05) is 81.8 Å². The third-order valence-corrected chi connectivity index (χ3v) is 18.7. The maximum Gasteiger partial charge on any atom is 0.396 e. The van der Waals surface area contributed by atoms with Crippen LogP contribution in [0.1, 0.15) is 141 Å². The molecule has 91 heavy (non-hydrogen) atoms. The Bertz CT molecular complexity index is 3740. The van der Waals surface area contributed by atoms with Crippen molar-refractivity contribution in [3.8, 4) is 16.2 Å². The average Bonchev–Trinajstić information content (AvgIpc) is 1.62. The van der Waals surface area contributed by atoms with Gasteiger partial charge in [-0.3, -0.25) is 43.4 Å². The second-order valence-electron chi connectivity index (χ2n) is 24.8. The molecule has 2 aromatic heterocycles. The topological polar surface area (TPSA) is 345 Å². The van der Waals surface area contributed by atoms with Crippen LogP contribution >= 0.6 is 18.9 Å². The molecule has 9 atom stereocenters. The van der Waals surface area contributed by atoms with Gasteiger partial charge >= 0.3 is 13.6 Å². The van der Waals surface area contributed by atoms with Gasteiger partial charge in [-0.15, -0.1) is 11.3 Å². The van der Waals surface area contributed by atoms with Gasteiger partial charge in [0.05, 0.1) is 40.4 Å². The van der Waals surface area contributed by atoms with Crippen molar-refractivity contribution in [2.45, 2.75) is 167 Å². The largest absolute Gasteiger partial charge is 0.489 e. The number of carbonyl (C=O) groups excluding carboxylic acids is 7. The van der Waals surface area contributed by atoms with Crippen molar-refractivity contribution in [3.63, 3.8) is 0 Å². The number of esters is 1. The minimum atomic E-state index is -5.07. The number of aliphatic hydroxyl groups is 2. The van der Waals surface area contributed by atoms with Gasteiger partial charge in [0, 0.05) is 42.3 Å². The van der Waals surface area contributed by atoms with E-state index < -0.39 is 109 Å². The highest BCUT2D eigenvalue weighted by Gasteiger charge is 2.47. The summed E-state index contributed by atoms with van der Waals surface area (Å²) in [6.07, 6.45) is -0.384. The molecule has 5 heterocycles. The van der Waals surface area contributed by atoms with Gasteiger partial charge in [0.2, 0.25) is 23.6 Å². The highest BCUT2D eigenvalue weighted by molar-refractivity contribution is 7.70. The van der Waals surface area contributed by atoms with Crippen LogP contribution < -0.4 is 36.6 Å². The summed E-state index contributed by atoms with van der Waals surface area (Å²) in [7, 11) is -5.07. The monoisotopic (exact) mass is 1290 g/mol. The molecular formula is C65H79FN9O14PS. The van der Waals surface area contributed by atoms with Gasteiger partial charge in [-0.25, -0.2) is 9.37 Å². The first-order chi connectivity index (χ1) is 43.1. The van der Waals surface area contributed by atoms with Crippen molar-refractivity contribution in [2.75, 3.05) is 18.1 Å². The molecular weight excluding hydrogens is 1210 g/mol. The Hall–Kier alpha value is -7.74. The van der Waals surface area contributed by atoms with Gasteiger partial charge in [-0.2, -0.15) is 0 Å². The van der Waals surface area contributed by atoms with E-state index in [0.717, 1.165) is 32.8 Å². The number of ether oxygens (including phenoxy) is 2. The quantitative estimate of drug-likeness (QED) is 0.0120. The van der Waals surface area contributed by atoms with E-state index in [1.807, 2.05) is 77.1 Å². The number of hydrogen-bond donors (Lipinski definition) is 10. The fourth-order valence-electron chi connectivity index (χ4n) is 12.2. The van der Waals surface area contributed by atoms with Crippen LogP contribution in [0, 0.1) is 18.2 Å². The summed E-state index contributed by atoms with van der Waals surface area (Å²) in [6, 6.07) is 18.4. The van der Waals surface area contributed by atoms with Crippen LogP contribution in [0.3, 0.4) is 0 Å². The van der Waals surface area contributed by atoms with Crippen LogP contribution in [0.25, 0.3) is 21.3 Å². The smallest absolute Gasteiger partial charge is 0.396 e. The Kier molecular flexibility index (Phi) is 21.4. The van der Waals surface area contributed by atoms with Crippen LogP contribution in [-0.4, -0.2) is 138 Å². The molecule has 0 bridgehead atoms. The van der Waals surface area contributed by atoms with E-state index in [0.29, 0.717) is 54.3 Å². The molecule has 3 aliphatic rings. The van der Waals surface area contributed by atoms with Crippen molar-refractivity contribution in [2.24, 2.45) is 11.1 Å². The number of anilines is 1. The molecule has 2 unspecified atom stereocenters. The molecule has 4 aromatic carbocycles. The van der Waals surface area contributed by atoms with Crippen molar-refractivity contribution in [3.05, 3.63) is 135 Å². The number of para-hydroxylation sites is 1. The molecule has 26 heteroatoms. The second kappa shape index (κ2) is 28.8. The number of rotatable bonds is 26. The van der Waals surface area contributed by atoms with E-state index in [2.05, 4.69) is 31.2 Å². The number of amides is 5. The van der Waals surface area contributed by atoms with Crippen molar-refractivity contribution in [1.29, 1.82) is 0 Å². The Balaban J connectivity index is 0.779. The summed E-state index contributed by atoms with van der Waals surface area (Å²) in [6.45, 7) is 10.3. The van der Waals surface area contributed by atoms with Crippen LogP contribution in [0.4, 0.5) is 10.1 Å². The average molecular weight is 1290 g/mol. The second-order valence-corrected chi connectivity index (χ2v) is 27.2. The predicted molar refractivity (Wildman–Crippen MR) is 338 cm³/mol. The number of halogens is 1. The van der Waals surface area contributed by atoms with Gasteiger partial charge in [0.1, 0.15) is 49.0 Å². The number of aryl methyl sites for hydroxylation is 3. The Morgan fingerprint density at radius 1 is 0.945 bits per heavy atom. The minimum Gasteiger partial charge on any atom is -0.489 e. The first kappa shape index (κ1) is 67.6. The number of unbranched alkanes of at least 4 members (excludes halogenated alkanes) is 2. The third kappa shape index (κ3) is 16.3. The third-order valence-electron chi connectivity index (χ3n) is 16.9. The summed E-state index contributed by atoms with van der Waals surface area (Å²) >= 11 is 1.54. The number of nitrogens with one attached hydrogen (secondary N) is 5. The summed E-state index contributed by atoms with van der Waals surface area (Å²) in [5.41, 5.74) is 11.0.